The molecular weight excluding hydrogens is 200 g/mol. The number of aromatic nitrogens is 2. The molecular formula is C9H8N2O2S. The first-order valence-corrected chi connectivity index (χ1v) is 5.07. The quantitative estimate of drug-likeness (QED) is 0.708. The van der Waals surface area contributed by atoms with Crippen molar-refractivity contribution in [1.82, 2.24) is 9.55 Å². The fourth-order valence-electron chi connectivity index (χ4n) is 1.23. The van der Waals surface area contributed by atoms with Gasteiger partial charge in [-0.3, -0.25) is 9.36 Å². The van der Waals surface area contributed by atoms with Gasteiger partial charge in [-0.05, 0) is 11.4 Å². The van der Waals surface area contributed by atoms with Crippen molar-refractivity contribution in [3.05, 3.63) is 28.1 Å². The summed E-state index contributed by atoms with van der Waals surface area (Å²) in [5, 5.41) is 1.84. The number of aldehydes is 1. The van der Waals surface area contributed by atoms with E-state index in [0.29, 0.717) is 17.7 Å². The molecule has 0 aromatic carbocycles. The lowest BCUT2D eigenvalue weighted by Crippen LogP contribution is -2.19. The van der Waals surface area contributed by atoms with Gasteiger partial charge in [-0.2, -0.15) is 0 Å². The minimum atomic E-state index is -0.0631. The topological polar surface area (TPSA) is 52.0 Å². The van der Waals surface area contributed by atoms with Crippen molar-refractivity contribution in [3.63, 3.8) is 0 Å². The maximum Gasteiger partial charge on any atom is 0.271 e. The van der Waals surface area contributed by atoms with Crippen molar-refractivity contribution >= 4 is 27.8 Å². The molecule has 0 unspecified atom stereocenters. The lowest BCUT2D eigenvalue weighted by atomic mass is 10.4. The van der Waals surface area contributed by atoms with E-state index in [1.165, 1.54) is 22.2 Å². The summed E-state index contributed by atoms with van der Waals surface area (Å²) in [6, 6.07) is 1.81. The second-order valence-corrected chi connectivity index (χ2v) is 3.75. The van der Waals surface area contributed by atoms with Crippen molar-refractivity contribution in [2.75, 3.05) is 0 Å². The van der Waals surface area contributed by atoms with Crippen LogP contribution in [0.4, 0.5) is 0 Å². The second-order valence-electron chi connectivity index (χ2n) is 2.83. The van der Waals surface area contributed by atoms with Gasteiger partial charge in [0.15, 0.2) is 0 Å². The van der Waals surface area contributed by atoms with Crippen LogP contribution in [0.5, 0.6) is 0 Å². The van der Waals surface area contributed by atoms with Crippen LogP contribution in [0.3, 0.4) is 0 Å². The van der Waals surface area contributed by atoms with Crippen LogP contribution in [-0.4, -0.2) is 15.8 Å². The van der Waals surface area contributed by atoms with Gasteiger partial charge < -0.3 is 4.79 Å². The first-order chi connectivity index (χ1) is 6.83. The molecule has 0 saturated heterocycles. The molecule has 0 fully saturated rings. The summed E-state index contributed by atoms with van der Waals surface area (Å²) in [7, 11) is 0. The molecule has 0 spiro atoms. The fourth-order valence-corrected chi connectivity index (χ4v) is 2.02. The number of thiophene rings is 1. The maximum absolute atomic E-state index is 11.7. The van der Waals surface area contributed by atoms with E-state index in [1.54, 1.807) is 0 Å². The van der Waals surface area contributed by atoms with E-state index in [1.807, 2.05) is 11.4 Å². The van der Waals surface area contributed by atoms with Gasteiger partial charge in [0.25, 0.3) is 5.56 Å². The normalized spacial score (nSPS) is 10.6. The predicted molar refractivity (Wildman–Crippen MR) is 54.6 cm³/mol. The van der Waals surface area contributed by atoms with Crippen LogP contribution >= 0.6 is 11.3 Å². The third-order valence-electron chi connectivity index (χ3n) is 1.92. The molecule has 0 atom stereocenters. The molecule has 0 aliphatic rings. The Kier molecular flexibility index (Phi) is 2.41. The van der Waals surface area contributed by atoms with Gasteiger partial charge in [-0.1, -0.05) is 0 Å². The predicted octanol–water partition coefficient (Wildman–Crippen LogP) is 1.05. The Morgan fingerprint density at radius 1 is 1.57 bits per heavy atom. The van der Waals surface area contributed by atoms with Gasteiger partial charge in [0.1, 0.15) is 11.0 Å². The summed E-state index contributed by atoms with van der Waals surface area (Å²) in [5.41, 5.74) is 0.661. The third-order valence-corrected chi connectivity index (χ3v) is 2.82. The largest absolute Gasteiger partial charge is 0.303 e. The molecule has 0 bridgehead atoms. The molecule has 0 saturated carbocycles. The van der Waals surface area contributed by atoms with Crippen LogP contribution in [0.1, 0.15) is 6.42 Å². The molecule has 5 heteroatoms. The number of hydrogen-bond acceptors (Lipinski definition) is 4. The maximum atomic E-state index is 11.7. The van der Waals surface area contributed by atoms with Crippen molar-refractivity contribution < 1.29 is 4.79 Å². The standard InChI is InChI=1S/C9H8N2O2S/c12-4-1-3-11-6-10-7-2-5-14-8(7)9(11)13/h2,4-6H,1,3H2. The molecule has 2 aromatic rings. The Bertz CT molecular complexity index is 515. The summed E-state index contributed by atoms with van der Waals surface area (Å²) in [4.78, 5) is 26.0. The SMILES string of the molecule is O=CCCn1cnc2ccsc2c1=O. The summed E-state index contributed by atoms with van der Waals surface area (Å²) in [6.45, 7) is 0.406. The average Bonchev–Trinajstić information content (AvgIpc) is 2.66. The first kappa shape index (κ1) is 9.08. The van der Waals surface area contributed by atoms with E-state index < -0.39 is 0 Å². The van der Waals surface area contributed by atoms with E-state index in [4.69, 9.17) is 0 Å². The van der Waals surface area contributed by atoms with Gasteiger partial charge in [-0.15, -0.1) is 11.3 Å². The van der Waals surface area contributed by atoms with Crippen molar-refractivity contribution in [1.29, 1.82) is 0 Å². The summed E-state index contributed by atoms with van der Waals surface area (Å²) >= 11 is 1.38. The minimum absolute atomic E-state index is 0.0631. The molecule has 0 amide bonds. The molecule has 0 aliphatic heterocycles. The molecule has 2 rings (SSSR count). The molecule has 0 aliphatic carbocycles. The molecule has 72 valence electrons. The van der Waals surface area contributed by atoms with Gasteiger partial charge >= 0.3 is 0 Å². The van der Waals surface area contributed by atoms with Crippen LogP contribution in [-0.2, 0) is 11.3 Å². The van der Waals surface area contributed by atoms with E-state index in [-0.39, 0.29) is 5.56 Å². The zero-order valence-corrected chi connectivity index (χ0v) is 8.16. The lowest BCUT2D eigenvalue weighted by Gasteiger charge is -2.00. The van der Waals surface area contributed by atoms with Gasteiger partial charge in [0.05, 0.1) is 11.8 Å². The smallest absolute Gasteiger partial charge is 0.271 e. The Hall–Kier alpha value is -1.49. The monoisotopic (exact) mass is 208 g/mol. The molecule has 0 N–H and O–H groups in total. The lowest BCUT2D eigenvalue weighted by molar-refractivity contribution is -0.108. The summed E-state index contributed by atoms with van der Waals surface area (Å²) < 4.78 is 2.12. The van der Waals surface area contributed by atoms with Crippen LogP contribution < -0.4 is 5.56 Å². The van der Waals surface area contributed by atoms with Crippen molar-refractivity contribution in [3.8, 4) is 0 Å². The van der Waals surface area contributed by atoms with Gasteiger partial charge in [-0.25, -0.2) is 4.98 Å². The molecule has 2 heterocycles. The number of rotatable bonds is 3. The second kappa shape index (κ2) is 3.71. The average molecular weight is 208 g/mol. The highest BCUT2D eigenvalue weighted by atomic mass is 32.1. The first-order valence-electron chi connectivity index (χ1n) is 4.19. The number of fused-ring (bicyclic) bond motifs is 1. The molecule has 0 radical (unpaired) electrons. The van der Waals surface area contributed by atoms with Crippen molar-refractivity contribution in [2.24, 2.45) is 0 Å². The Balaban J connectivity index is 2.51. The number of nitrogens with zero attached hydrogens (tertiary/aromatic N) is 2. The number of hydrogen-bond donors (Lipinski definition) is 0. The van der Waals surface area contributed by atoms with Crippen LogP contribution in [0, 0.1) is 0 Å². The highest BCUT2D eigenvalue weighted by molar-refractivity contribution is 7.17. The zero-order chi connectivity index (χ0) is 9.97. The Morgan fingerprint density at radius 2 is 2.43 bits per heavy atom. The highest BCUT2D eigenvalue weighted by Crippen LogP contribution is 2.12. The van der Waals surface area contributed by atoms with Crippen LogP contribution in [0.15, 0.2) is 22.6 Å². The Morgan fingerprint density at radius 3 is 3.21 bits per heavy atom. The zero-order valence-electron chi connectivity index (χ0n) is 7.34. The van der Waals surface area contributed by atoms with E-state index in [0.717, 1.165) is 11.8 Å². The number of carbonyl (C=O) groups is 1. The van der Waals surface area contributed by atoms with E-state index in [9.17, 15) is 9.59 Å². The van der Waals surface area contributed by atoms with Gasteiger partial charge in [0.2, 0.25) is 0 Å². The summed E-state index contributed by atoms with van der Waals surface area (Å²) in [5.74, 6) is 0. The van der Waals surface area contributed by atoms with Crippen LogP contribution in [0.25, 0.3) is 10.2 Å². The molecule has 4 nitrogen and oxygen atoms in total. The summed E-state index contributed by atoms with van der Waals surface area (Å²) in [6.07, 6.45) is 2.63. The van der Waals surface area contributed by atoms with Crippen LogP contribution in [0.2, 0.25) is 0 Å². The fraction of sp³-hybridized carbons (Fsp3) is 0.222. The van der Waals surface area contributed by atoms with E-state index >= 15 is 0 Å². The Labute approximate surface area is 83.8 Å². The third kappa shape index (κ3) is 1.46. The van der Waals surface area contributed by atoms with Crippen molar-refractivity contribution in [2.45, 2.75) is 13.0 Å². The molecule has 14 heavy (non-hydrogen) atoms. The highest BCUT2D eigenvalue weighted by Gasteiger charge is 2.03. The van der Waals surface area contributed by atoms with E-state index in [2.05, 4.69) is 4.98 Å². The molecule has 2 aromatic heterocycles. The van der Waals surface area contributed by atoms with Gasteiger partial charge in [0, 0.05) is 13.0 Å². The minimum Gasteiger partial charge on any atom is -0.303 e. The number of aryl methyl sites for hydroxylation is 1. The number of carbonyl (C=O) groups excluding carboxylic acids is 1.